The summed E-state index contributed by atoms with van der Waals surface area (Å²) in [5.74, 6) is -0.0673. The number of amides is 1. The summed E-state index contributed by atoms with van der Waals surface area (Å²) in [6.07, 6.45) is 3.98. The summed E-state index contributed by atoms with van der Waals surface area (Å²) in [7, 11) is 0. The van der Waals surface area contributed by atoms with Gasteiger partial charge in [-0.1, -0.05) is 18.2 Å². The first kappa shape index (κ1) is 15.6. The zero-order chi connectivity index (χ0) is 17.4. The van der Waals surface area contributed by atoms with Crippen LogP contribution in [0.15, 0.2) is 60.9 Å². The molecule has 0 radical (unpaired) electrons. The summed E-state index contributed by atoms with van der Waals surface area (Å²) in [5.41, 5.74) is 4.36. The highest BCUT2D eigenvalue weighted by atomic mass is 32.1. The molecule has 4 aromatic rings. The van der Waals surface area contributed by atoms with E-state index >= 15 is 0 Å². The average Bonchev–Trinajstić information content (AvgIpc) is 3.18. The highest BCUT2D eigenvalue weighted by Crippen LogP contribution is 2.24. The van der Waals surface area contributed by atoms with Crippen LogP contribution in [0, 0.1) is 13.8 Å². The second-order valence-corrected chi connectivity index (χ2v) is 7.41. The molecule has 3 heterocycles. The highest BCUT2D eigenvalue weighted by Gasteiger charge is 2.12. The van der Waals surface area contributed by atoms with Crippen LogP contribution in [-0.4, -0.2) is 15.3 Å². The van der Waals surface area contributed by atoms with Gasteiger partial charge in [0, 0.05) is 33.4 Å². The minimum atomic E-state index is -0.0673. The third-order valence-electron chi connectivity index (χ3n) is 4.09. The number of nitrogens with zero attached hydrogens (tertiary/aromatic N) is 2. The molecular formula is C20H17N3OS. The van der Waals surface area contributed by atoms with Gasteiger partial charge in [-0.3, -0.25) is 4.79 Å². The van der Waals surface area contributed by atoms with Gasteiger partial charge in [-0.2, -0.15) is 0 Å². The maximum atomic E-state index is 12.4. The normalized spacial score (nSPS) is 11.0. The number of pyridine rings is 1. The molecule has 4 nitrogen and oxygen atoms in total. The van der Waals surface area contributed by atoms with Crippen LogP contribution in [0.3, 0.4) is 0 Å². The van der Waals surface area contributed by atoms with Gasteiger partial charge in [0.25, 0.3) is 5.91 Å². The lowest BCUT2D eigenvalue weighted by Crippen LogP contribution is -2.11. The van der Waals surface area contributed by atoms with Crippen LogP contribution in [0.5, 0.6) is 0 Å². The summed E-state index contributed by atoms with van der Waals surface area (Å²) in [5, 5.41) is 2.96. The predicted molar refractivity (Wildman–Crippen MR) is 102 cm³/mol. The fourth-order valence-corrected chi connectivity index (χ4v) is 3.77. The van der Waals surface area contributed by atoms with Crippen LogP contribution in [0.4, 0.5) is 5.69 Å². The van der Waals surface area contributed by atoms with E-state index in [1.54, 1.807) is 11.3 Å². The molecule has 0 aliphatic carbocycles. The molecular weight excluding hydrogens is 330 g/mol. The van der Waals surface area contributed by atoms with Crippen molar-refractivity contribution in [1.82, 2.24) is 9.38 Å². The van der Waals surface area contributed by atoms with Crippen molar-refractivity contribution < 1.29 is 4.79 Å². The number of hydrogen-bond acceptors (Lipinski definition) is 3. The van der Waals surface area contributed by atoms with E-state index in [1.165, 1.54) is 0 Å². The quantitative estimate of drug-likeness (QED) is 0.571. The summed E-state index contributed by atoms with van der Waals surface area (Å²) in [4.78, 5) is 19.2. The Hall–Kier alpha value is -2.92. The molecule has 0 unspecified atom stereocenters. The van der Waals surface area contributed by atoms with Crippen molar-refractivity contribution in [3.8, 4) is 11.3 Å². The molecule has 124 valence electrons. The number of anilines is 1. The number of thiophene rings is 1. The topological polar surface area (TPSA) is 46.4 Å². The Bertz CT molecular complexity index is 1030. The molecule has 0 spiro atoms. The van der Waals surface area contributed by atoms with E-state index in [4.69, 9.17) is 0 Å². The smallest absolute Gasteiger partial charge is 0.256 e. The first-order valence-electron chi connectivity index (χ1n) is 8.03. The SMILES string of the molecule is Cc1cc(C(=O)Nc2ccc(-c3cn4ccccc4n3)cc2)c(C)s1. The Labute approximate surface area is 149 Å². The Morgan fingerprint density at radius 1 is 1.12 bits per heavy atom. The van der Waals surface area contributed by atoms with Gasteiger partial charge in [0.15, 0.2) is 0 Å². The fraction of sp³-hybridized carbons (Fsp3) is 0.100. The third kappa shape index (κ3) is 3.06. The Balaban J connectivity index is 1.55. The van der Waals surface area contributed by atoms with Gasteiger partial charge in [0.1, 0.15) is 5.65 Å². The molecule has 0 aliphatic rings. The highest BCUT2D eigenvalue weighted by molar-refractivity contribution is 7.12. The molecule has 0 atom stereocenters. The van der Waals surface area contributed by atoms with Crippen molar-refractivity contribution in [2.75, 3.05) is 5.32 Å². The maximum absolute atomic E-state index is 12.4. The lowest BCUT2D eigenvalue weighted by Gasteiger charge is -2.05. The van der Waals surface area contributed by atoms with Crippen molar-refractivity contribution in [3.05, 3.63) is 76.2 Å². The van der Waals surface area contributed by atoms with Crippen LogP contribution in [0.25, 0.3) is 16.9 Å². The Kier molecular flexibility index (Phi) is 3.86. The summed E-state index contributed by atoms with van der Waals surface area (Å²) >= 11 is 1.64. The van der Waals surface area contributed by atoms with E-state index in [0.29, 0.717) is 0 Å². The number of carbonyl (C=O) groups is 1. The zero-order valence-corrected chi connectivity index (χ0v) is 14.8. The maximum Gasteiger partial charge on any atom is 0.256 e. The predicted octanol–water partition coefficient (Wildman–Crippen LogP) is 4.93. The van der Waals surface area contributed by atoms with Gasteiger partial charge in [-0.05, 0) is 44.2 Å². The van der Waals surface area contributed by atoms with E-state index in [9.17, 15) is 4.79 Å². The van der Waals surface area contributed by atoms with Crippen LogP contribution in [0.2, 0.25) is 0 Å². The number of imidazole rings is 1. The minimum absolute atomic E-state index is 0.0673. The van der Waals surface area contributed by atoms with Crippen LogP contribution < -0.4 is 5.32 Å². The fourth-order valence-electron chi connectivity index (χ4n) is 2.85. The number of carbonyl (C=O) groups excluding carboxylic acids is 1. The minimum Gasteiger partial charge on any atom is -0.322 e. The van der Waals surface area contributed by atoms with Crippen molar-refractivity contribution in [2.24, 2.45) is 0 Å². The number of benzene rings is 1. The summed E-state index contributed by atoms with van der Waals surface area (Å²) in [6, 6.07) is 15.6. The summed E-state index contributed by atoms with van der Waals surface area (Å²) < 4.78 is 1.99. The van der Waals surface area contributed by atoms with Gasteiger partial charge in [0.2, 0.25) is 0 Å². The molecule has 3 aromatic heterocycles. The van der Waals surface area contributed by atoms with Crippen LogP contribution in [0.1, 0.15) is 20.1 Å². The average molecular weight is 347 g/mol. The number of rotatable bonds is 3. The first-order chi connectivity index (χ1) is 12.1. The Morgan fingerprint density at radius 2 is 1.92 bits per heavy atom. The number of hydrogen-bond donors (Lipinski definition) is 1. The largest absolute Gasteiger partial charge is 0.322 e. The van der Waals surface area contributed by atoms with Gasteiger partial charge >= 0.3 is 0 Å². The number of aryl methyl sites for hydroxylation is 2. The lowest BCUT2D eigenvalue weighted by atomic mass is 10.1. The zero-order valence-electron chi connectivity index (χ0n) is 14.0. The third-order valence-corrected chi connectivity index (χ3v) is 5.05. The van der Waals surface area contributed by atoms with E-state index < -0.39 is 0 Å². The van der Waals surface area contributed by atoms with Gasteiger partial charge < -0.3 is 9.72 Å². The molecule has 25 heavy (non-hydrogen) atoms. The van der Waals surface area contributed by atoms with E-state index in [1.807, 2.05) is 79.2 Å². The van der Waals surface area contributed by atoms with Crippen molar-refractivity contribution in [1.29, 1.82) is 0 Å². The Morgan fingerprint density at radius 3 is 2.60 bits per heavy atom. The molecule has 0 aliphatic heterocycles. The molecule has 1 amide bonds. The molecule has 0 saturated heterocycles. The number of fused-ring (bicyclic) bond motifs is 1. The van der Waals surface area contributed by atoms with Crippen molar-refractivity contribution in [3.63, 3.8) is 0 Å². The van der Waals surface area contributed by atoms with Gasteiger partial charge in [-0.15, -0.1) is 11.3 Å². The molecule has 0 bridgehead atoms. The second kappa shape index (κ2) is 6.18. The van der Waals surface area contributed by atoms with E-state index in [0.717, 1.165) is 37.9 Å². The van der Waals surface area contributed by atoms with E-state index in [-0.39, 0.29) is 5.91 Å². The monoisotopic (exact) mass is 347 g/mol. The van der Waals surface area contributed by atoms with Crippen molar-refractivity contribution >= 4 is 28.6 Å². The molecule has 1 aromatic carbocycles. The first-order valence-corrected chi connectivity index (χ1v) is 8.84. The number of nitrogens with one attached hydrogen (secondary N) is 1. The van der Waals surface area contributed by atoms with Crippen LogP contribution in [-0.2, 0) is 0 Å². The van der Waals surface area contributed by atoms with Crippen LogP contribution >= 0.6 is 11.3 Å². The lowest BCUT2D eigenvalue weighted by molar-refractivity contribution is 0.102. The van der Waals surface area contributed by atoms with Gasteiger partial charge in [-0.25, -0.2) is 4.98 Å². The van der Waals surface area contributed by atoms with E-state index in [2.05, 4.69) is 10.3 Å². The number of aromatic nitrogens is 2. The molecule has 5 heteroatoms. The summed E-state index contributed by atoms with van der Waals surface area (Å²) in [6.45, 7) is 3.98. The molecule has 4 rings (SSSR count). The molecule has 0 fully saturated rings. The second-order valence-electron chi connectivity index (χ2n) is 5.95. The van der Waals surface area contributed by atoms with Crippen molar-refractivity contribution in [2.45, 2.75) is 13.8 Å². The van der Waals surface area contributed by atoms with Gasteiger partial charge in [0.05, 0.1) is 11.3 Å². The standard InChI is InChI=1S/C20H17N3OS/c1-13-11-17(14(2)25-13)20(24)21-16-8-6-15(7-9-16)18-12-23-10-4-3-5-19(23)22-18/h3-12H,1-2H3,(H,21,24). The molecule has 1 N–H and O–H groups in total. The molecule has 0 saturated carbocycles.